The van der Waals surface area contributed by atoms with E-state index in [1.807, 2.05) is 0 Å². The molecule has 0 radical (unpaired) electrons. The molecule has 22 N–H and O–H groups in total. The van der Waals surface area contributed by atoms with Crippen LogP contribution in [0.1, 0.15) is 41.0 Å². The minimum atomic E-state index is -2.02. The van der Waals surface area contributed by atoms with Crippen LogP contribution in [-0.4, -0.2) is 333 Å². The van der Waals surface area contributed by atoms with Crippen LogP contribution in [0.2, 0.25) is 0 Å². The Hall–Kier alpha value is -1.28. The van der Waals surface area contributed by atoms with Gasteiger partial charge in [0, 0.05) is 12.5 Å². The van der Waals surface area contributed by atoms with Crippen LogP contribution in [-0.2, 0) is 56.8 Å². The lowest BCUT2D eigenvalue weighted by Crippen LogP contribution is -2.70. The van der Waals surface area contributed by atoms with Gasteiger partial charge in [0.25, 0.3) is 0 Å². The Kier molecular flexibility index (Phi) is 22.3. The predicted octanol–water partition coefficient (Wildman–Crippen LogP) is -11.5. The maximum atomic E-state index is 12.2. The van der Waals surface area contributed by atoms with Gasteiger partial charge in [-0.3, -0.25) is 0 Å². The highest BCUT2D eigenvalue weighted by Crippen LogP contribution is 2.41. The van der Waals surface area contributed by atoms with Crippen molar-refractivity contribution in [2.45, 2.75) is 249 Å². The van der Waals surface area contributed by atoms with Gasteiger partial charge >= 0.3 is 0 Å². The summed E-state index contributed by atoms with van der Waals surface area (Å²) in [6.07, 6.45) is -53.3. The molecule has 1 saturated carbocycles. The first-order chi connectivity index (χ1) is 37.1. The number of ether oxygens (including phenoxy) is 12. The third kappa shape index (κ3) is 13.6. The summed E-state index contributed by atoms with van der Waals surface area (Å²) in [5.74, 6) is -1.07. The first-order valence-electron chi connectivity index (χ1n) is 26.4. The summed E-state index contributed by atoms with van der Waals surface area (Å²) in [6.45, 7) is 3.94. The quantitative estimate of drug-likeness (QED) is 0.0643. The third-order valence-electron chi connectivity index (χ3n) is 16.0. The summed E-state index contributed by atoms with van der Waals surface area (Å²) in [5, 5.41) is 194. The molecule has 6 saturated heterocycles. The van der Waals surface area contributed by atoms with E-state index in [4.69, 9.17) is 68.3 Å². The van der Waals surface area contributed by atoms with Crippen molar-refractivity contribution in [2.75, 3.05) is 33.0 Å². The van der Waals surface area contributed by atoms with Gasteiger partial charge in [0.1, 0.15) is 134 Å². The lowest BCUT2D eigenvalue weighted by Gasteiger charge is -2.52. The van der Waals surface area contributed by atoms with Crippen LogP contribution in [0.25, 0.3) is 0 Å². The number of nitrogens with two attached hydrogens (primary N) is 2. The van der Waals surface area contributed by atoms with Gasteiger partial charge in [-0.1, -0.05) is 20.8 Å². The number of hydrogen-bond acceptors (Lipinski definition) is 32. The van der Waals surface area contributed by atoms with Gasteiger partial charge in [-0.2, -0.15) is 0 Å². The van der Waals surface area contributed by atoms with E-state index in [2.05, 4.69) is 0 Å². The van der Waals surface area contributed by atoms with Crippen LogP contribution in [0.5, 0.6) is 0 Å². The second kappa shape index (κ2) is 27.0. The van der Waals surface area contributed by atoms with Crippen molar-refractivity contribution in [2.24, 2.45) is 22.8 Å². The van der Waals surface area contributed by atoms with Crippen LogP contribution in [0.15, 0.2) is 0 Å². The van der Waals surface area contributed by atoms with Crippen LogP contribution >= 0.6 is 0 Å². The molecule has 0 aromatic heterocycles. The number of aliphatic hydroxyl groups is 18. The Balaban J connectivity index is 1.15. The second-order valence-electron chi connectivity index (χ2n) is 22.6. The Morgan fingerprint density at radius 3 is 1.22 bits per heavy atom. The number of hydrogen-bond donors (Lipinski definition) is 20. The predicted molar refractivity (Wildman–Crippen MR) is 253 cm³/mol. The molecule has 32 nitrogen and oxygen atoms in total. The van der Waals surface area contributed by atoms with Gasteiger partial charge in [-0.25, -0.2) is 0 Å². The highest BCUT2D eigenvalue weighted by Gasteiger charge is 2.58. The van der Waals surface area contributed by atoms with Gasteiger partial charge in [-0.15, -0.1) is 0 Å². The van der Waals surface area contributed by atoms with Gasteiger partial charge < -0.3 is 160 Å². The van der Waals surface area contributed by atoms with E-state index < -0.39 is 253 Å². The van der Waals surface area contributed by atoms with E-state index in [1.54, 1.807) is 20.8 Å². The topological polar surface area (TPSA) is 527 Å². The van der Waals surface area contributed by atoms with E-state index >= 15 is 0 Å². The molecular formula is C47H84N2O30. The Morgan fingerprint density at radius 1 is 0.380 bits per heavy atom. The minimum absolute atomic E-state index is 0.187. The minimum Gasteiger partial charge on any atom is -0.396 e. The van der Waals surface area contributed by atoms with Crippen LogP contribution in [0.4, 0.5) is 0 Å². The van der Waals surface area contributed by atoms with Gasteiger partial charge in [0.05, 0.1) is 69.0 Å². The molecule has 7 fully saturated rings. The van der Waals surface area contributed by atoms with Crippen molar-refractivity contribution in [3.63, 3.8) is 0 Å². The van der Waals surface area contributed by atoms with Crippen LogP contribution in [0, 0.1) is 11.3 Å². The van der Waals surface area contributed by atoms with E-state index in [1.165, 1.54) is 13.8 Å². The fourth-order valence-corrected chi connectivity index (χ4v) is 11.1. The molecule has 6 heterocycles. The first kappa shape index (κ1) is 65.3. The lowest BCUT2D eigenvalue weighted by molar-refractivity contribution is -0.380. The van der Waals surface area contributed by atoms with E-state index in [0.717, 1.165) is 0 Å². The lowest BCUT2D eigenvalue weighted by atomic mass is 9.79. The SMILES string of the molecule is CC1OC(OC2C(N)[C@H](OCC3O[C@@H](C(C)(C)C)C(O)C(O[C@@H]4OC(CO)[C@H](O[C@@H]5OC(C)[C@H](O)C(O)C5O)C(O[C@@H]5OC(CO)[C@H](O)C(O)C5O)C4N)[C@H]3O)CC(CO)[C@@H]2O[C@@H]2OC(CO)[C@H](O)C(O)C2O)C(O)C(O)[C@@H]1O. The molecule has 0 amide bonds. The zero-order valence-electron chi connectivity index (χ0n) is 44.1. The molecule has 0 aromatic rings. The molecule has 7 rings (SSSR count). The van der Waals surface area contributed by atoms with E-state index in [9.17, 15) is 91.9 Å². The average Bonchev–Trinajstić information content (AvgIpc) is 3.43. The highest BCUT2D eigenvalue weighted by molar-refractivity contribution is 5.04. The Morgan fingerprint density at radius 2 is 0.772 bits per heavy atom. The van der Waals surface area contributed by atoms with Crippen molar-refractivity contribution in [1.82, 2.24) is 0 Å². The molecule has 6 aliphatic heterocycles. The molecule has 1 aliphatic carbocycles. The molecule has 35 atom stereocenters. The van der Waals surface area contributed by atoms with Crippen molar-refractivity contribution < 1.29 is 149 Å². The second-order valence-corrected chi connectivity index (χ2v) is 22.6. The van der Waals surface area contributed by atoms with E-state index in [0.29, 0.717) is 0 Å². The summed E-state index contributed by atoms with van der Waals surface area (Å²) in [5.41, 5.74) is 12.7. The largest absolute Gasteiger partial charge is 0.396 e. The molecule has 0 bridgehead atoms. The van der Waals surface area contributed by atoms with Crippen molar-refractivity contribution >= 4 is 0 Å². The fourth-order valence-electron chi connectivity index (χ4n) is 11.1. The van der Waals surface area contributed by atoms with Crippen molar-refractivity contribution in [1.29, 1.82) is 0 Å². The van der Waals surface area contributed by atoms with Crippen molar-refractivity contribution in [3.05, 3.63) is 0 Å². The fraction of sp³-hybridized carbons (Fsp3) is 1.00. The van der Waals surface area contributed by atoms with Gasteiger partial charge in [-0.05, 0) is 25.7 Å². The van der Waals surface area contributed by atoms with Crippen LogP contribution in [0.3, 0.4) is 0 Å². The molecule has 79 heavy (non-hydrogen) atoms. The molecule has 32 heteroatoms. The molecule has 462 valence electrons. The van der Waals surface area contributed by atoms with Gasteiger partial charge in [0.2, 0.25) is 0 Å². The smallest absolute Gasteiger partial charge is 0.187 e. The zero-order chi connectivity index (χ0) is 58.4. The molecule has 0 aromatic carbocycles. The molecular weight excluding hydrogens is 1070 g/mol. The van der Waals surface area contributed by atoms with Crippen LogP contribution < -0.4 is 11.5 Å². The molecule has 0 spiro atoms. The summed E-state index contributed by atoms with van der Waals surface area (Å²) < 4.78 is 72.1. The first-order valence-corrected chi connectivity index (χ1v) is 26.4. The normalized spacial score (nSPS) is 53.2. The molecule has 7 aliphatic rings. The summed E-state index contributed by atoms with van der Waals surface area (Å²) in [4.78, 5) is 0. The standard InChI is InChI=1S/C47H84N2O30/c1-12-22(54)27(59)31(63)43(69-12)76-37-18(10-53)74-42(21(49)39(37)78-46-34(66)30(62)25(57)17(9-52)73-46)79-40-26(58)19(71-41(35(40)67)47(3,4)5)11-68-15-6-14(7-50)36(75-45-33(65)29(61)24(56)16(8-51)72-45)38(20(15)48)77-44-32(64)28(60)23(55)13(2)70-44/h12-46,50-67H,6-11,48-49H2,1-5H3/t12?,13?,14?,15-,16?,17?,18?,19?,20?,21?,22+,23-,24+,25+,26+,27?,28?,29?,30?,31?,32?,33?,34?,35?,36+,37+,38?,39?,40?,41-,42+,43+,44?,45+,46+/m1/s1. The third-order valence-corrected chi connectivity index (χ3v) is 16.0. The number of aliphatic hydroxyl groups excluding tert-OH is 18. The summed E-state index contributed by atoms with van der Waals surface area (Å²) in [7, 11) is 0. The molecule has 22 unspecified atom stereocenters. The Labute approximate surface area is 453 Å². The summed E-state index contributed by atoms with van der Waals surface area (Å²) >= 11 is 0. The monoisotopic (exact) mass is 1160 g/mol. The average molecular weight is 1160 g/mol. The van der Waals surface area contributed by atoms with E-state index in [-0.39, 0.29) is 6.42 Å². The summed E-state index contributed by atoms with van der Waals surface area (Å²) in [6, 6.07) is -3.05. The highest BCUT2D eigenvalue weighted by atomic mass is 16.8. The zero-order valence-corrected chi connectivity index (χ0v) is 44.1. The maximum absolute atomic E-state index is 12.2. The Bertz CT molecular complexity index is 1880. The van der Waals surface area contributed by atoms with Crippen molar-refractivity contribution in [3.8, 4) is 0 Å². The maximum Gasteiger partial charge on any atom is 0.187 e. The number of rotatable bonds is 17. The van der Waals surface area contributed by atoms with Gasteiger partial charge in [0.15, 0.2) is 31.5 Å².